The number of methoxy groups -OCH3 is 3. The van der Waals surface area contributed by atoms with Crippen molar-refractivity contribution in [1.29, 1.82) is 0 Å². The molecule has 248 valence electrons. The summed E-state index contributed by atoms with van der Waals surface area (Å²) in [6.07, 6.45) is 1.23. The Morgan fingerprint density at radius 1 is 0.978 bits per heavy atom. The molecule has 4 aromatic rings. The van der Waals surface area contributed by atoms with Gasteiger partial charge in [-0.3, -0.25) is 4.79 Å². The monoisotopic (exact) mass is 745 g/mol. The van der Waals surface area contributed by atoms with Crippen molar-refractivity contribution in [3.05, 3.63) is 40.7 Å². The van der Waals surface area contributed by atoms with E-state index in [9.17, 15) is 4.79 Å². The predicted octanol–water partition coefficient (Wildman–Crippen LogP) is 9.38. The summed E-state index contributed by atoms with van der Waals surface area (Å²) in [7, 11) is 2.54. The van der Waals surface area contributed by atoms with E-state index in [1.54, 1.807) is 21.3 Å². The number of carbonyl (C=O) groups is 1. The van der Waals surface area contributed by atoms with Crippen molar-refractivity contribution >= 4 is 81.2 Å². The van der Waals surface area contributed by atoms with E-state index >= 15 is 0 Å². The number of H-pyrrole nitrogens is 2. The Kier molecular flexibility index (Phi) is 9.14. The number of hydrogen-bond acceptors (Lipinski definition) is 7. The van der Waals surface area contributed by atoms with Gasteiger partial charge in [-0.05, 0) is 60.7 Å². The van der Waals surface area contributed by atoms with Crippen LogP contribution in [0.3, 0.4) is 0 Å². The summed E-state index contributed by atoms with van der Waals surface area (Å²) in [4.78, 5) is 23.6. The van der Waals surface area contributed by atoms with E-state index in [0.717, 1.165) is 39.2 Å². The fourth-order valence-electron chi connectivity index (χ4n) is 6.33. The van der Waals surface area contributed by atoms with Gasteiger partial charge < -0.3 is 33.5 Å². The number of rotatable bonds is 8. The minimum atomic E-state index is -2.22. The number of nitrogens with zero attached hydrogens (tertiary/aromatic N) is 1. The first-order chi connectivity index (χ1) is 21.8. The zero-order valence-corrected chi connectivity index (χ0v) is 32.3. The van der Waals surface area contributed by atoms with Gasteiger partial charge in [-0.2, -0.15) is 0 Å². The maximum Gasteiger partial charge on any atom is 0.274 e. The van der Waals surface area contributed by atoms with Crippen LogP contribution in [0.2, 0.25) is 18.1 Å². The molecule has 2 aromatic heterocycles. The second-order valence-electron chi connectivity index (χ2n) is 13.6. The molecule has 1 fully saturated rings. The normalized spacial score (nSPS) is 17.5. The number of aryl methyl sites for hydroxylation is 1. The first-order valence-corrected chi connectivity index (χ1v) is 21.8. The zero-order chi connectivity index (χ0) is 33.1. The fraction of sp³-hybridized carbons (Fsp3) is 0.500. The van der Waals surface area contributed by atoms with Gasteiger partial charge in [-0.25, -0.2) is 0 Å². The topological polar surface area (TPSA) is 88.8 Å². The van der Waals surface area contributed by atoms with Gasteiger partial charge in [0.2, 0.25) is 5.75 Å². The van der Waals surface area contributed by atoms with Gasteiger partial charge in [0.05, 0.1) is 42.6 Å². The molecule has 8 nitrogen and oxygen atoms in total. The lowest BCUT2D eigenvalue weighted by Gasteiger charge is -2.37. The molecule has 1 saturated heterocycles. The second-order valence-corrected chi connectivity index (χ2v) is 21.7. The molecule has 1 amide bonds. The van der Waals surface area contributed by atoms with E-state index in [-0.39, 0.29) is 16.9 Å². The van der Waals surface area contributed by atoms with Crippen LogP contribution in [0.1, 0.15) is 65.0 Å². The van der Waals surface area contributed by atoms with Gasteiger partial charge >= 0.3 is 0 Å². The van der Waals surface area contributed by atoms with Crippen LogP contribution < -0.4 is 23.5 Å². The molecule has 6 rings (SSSR count). The third-order valence-electron chi connectivity index (χ3n) is 9.71. The number of anilines is 1. The lowest BCUT2D eigenvalue weighted by atomic mass is 9.96. The molecular formula is C34H44BrN3O5S2Si. The molecule has 46 heavy (non-hydrogen) atoms. The molecule has 0 radical (unpaired) electrons. The van der Waals surface area contributed by atoms with Crippen LogP contribution in [-0.4, -0.2) is 68.9 Å². The number of aromatic nitrogens is 2. The number of benzene rings is 2. The zero-order valence-electron chi connectivity index (χ0n) is 28.1. The summed E-state index contributed by atoms with van der Waals surface area (Å²) in [6.45, 7) is 14.1. The number of thioether (sulfide) groups is 2. The lowest BCUT2D eigenvalue weighted by molar-refractivity contribution is 0.0984. The van der Waals surface area contributed by atoms with Crippen molar-refractivity contribution in [3.8, 4) is 23.0 Å². The van der Waals surface area contributed by atoms with Crippen molar-refractivity contribution in [1.82, 2.24) is 9.97 Å². The minimum absolute atomic E-state index is 0.0112. The molecule has 4 heterocycles. The Bertz CT molecular complexity index is 1810. The van der Waals surface area contributed by atoms with Crippen molar-refractivity contribution in [2.24, 2.45) is 0 Å². The van der Waals surface area contributed by atoms with E-state index in [2.05, 4.69) is 72.8 Å². The Balaban J connectivity index is 1.55. The SMILES string of the molecule is COc1cc2cc(C(=O)N3CC(CBr)c4c3cc(O[Si](C)(C)C(C)(C)C)c3[nH]c(C)c(C5SCCCS5)c43)[nH]c2c(OC)c1OC. The Morgan fingerprint density at radius 3 is 2.28 bits per heavy atom. The highest BCUT2D eigenvalue weighted by atomic mass is 79.9. The molecule has 0 bridgehead atoms. The molecule has 2 aliphatic heterocycles. The number of amides is 1. The number of hydrogen-bond donors (Lipinski definition) is 2. The van der Waals surface area contributed by atoms with Gasteiger partial charge in [0.25, 0.3) is 14.2 Å². The average Bonchev–Trinajstić information content (AvgIpc) is 3.72. The smallest absolute Gasteiger partial charge is 0.274 e. The summed E-state index contributed by atoms with van der Waals surface area (Å²) in [5.74, 6) is 4.67. The van der Waals surface area contributed by atoms with Gasteiger partial charge in [-0.15, -0.1) is 23.5 Å². The highest BCUT2D eigenvalue weighted by molar-refractivity contribution is 9.09. The summed E-state index contributed by atoms with van der Waals surface area (Å²) < 4.78 is 24.3. The maximum atomic E-state index is 14.6. The average molecular weight is 747 g/mol. The quantitative estimate of drug-likeness (QED) is 0.137. The van der Waals surface area contributed by atoms with Gasteiger partial charge in [0, 0.05) is 45.9 Å². The maximum absolute atomic E-state index is 14.6. The van der Waals surface area contributed by atoms with Gasteiger partial charge in [0.15, 0.2) is 11.5 Å². The second kappa shape index (κ2) is 12.6. The van der Waals surface area contributed by atoms with Crippen LogP contribution >= 0.6 is 39.5 Å². The lowest BCUT2D eigenvalue weighted by Crippen LogP contribution is -2.44. The standard InChI is InChI=1S/C34H44BrN3O5S2Si/c1-18-25(33-44-11-10-12-45-33)27-26-20(16-35)17-38(22(26)15-23(29(27)36-18)43-46(8,9)34(2,3)4)32(39)21-13-19-14-24(40-5)30(41-6)31(42-7)28(19)37-21/h13-15,20,33,36-37H,10-12,16-17H2,1-9H3. The number of fused-ring (bicyclic) bond motifs is 4. The minimum Gasteiger partial charge on any atom is -0.542 e. The molecule has 0 spiro atoms. The molecule has 12 heteroatoms. The Labute approximate surface area is 289 Å². The third kappa shape index (κ3) is 5.50. The van der Waals surface area contributed by atoms with E-state index in [0.29, 0.717) is 39.6 Å². The first-order valence-electron chi connectivity index (χ1n) is 15.7. The van der Waals surface area contributed by atoms with Crippen LogP contribution in [0, 0.1) is 6.92 Å². The number of nitrogens with one attached hydrogen (secondary N) is 2. The summed E-state index contributed by atoms with van der Waals surface area (Å²) in [5.41, 5.74) is 6.87. The number of halogens is 1. The summed E-state index contributed by atoms with van der Waals surface area (Å²) >= 11 is 7.88. The van der Waals surface area contributed by atoms with Crippen molar-refractivity contribution in [2.45, 2.75) is 62.7 Å². The molecular weight excluding hydrogens is 703 g/mol. The van der Waals surface area contributed by atoms with E-state index < -0.39 is 8.32 Å². The highest BCUT2D eigenvalue weighted by Crippen LogP contribution is 2.54. The van der Waals surface area contributed by atoms with E-state index in [1.807, 2.05) is 40.6 Å². The van der Waals surface area contributed by atoms with E-state index in [4.69, 9.17) is 18.6 Å². The molecule has 1 atom stereocenters. The Hall–Kier alpha value is -2.41. The van der Waals surface area contributed by atoms with Crippen LogP contribution in [0.4, 0.5) is 5.69 Å². The fourth-order valence-corrected chi connectivity index (χ4v) is 11.0. The van der Waals surface area contributed by atoms with Crippen molar-refractivity contribution in [3.63, 3.8) is 0 Å². The first kappa shape index (κ1) is 33.5. The van der Waals surface area contributed by atoms with Crippen molar-refractivity contribution in [2.75, 3.05) is 49.6 Å². The molecule has 0 aliphatic carbocycles. The highest BCUT2D eigenvalue weighted by Gasteiger charge is 2.42. The van der Waals surface area contributed by atoms with Crippen molar-refractivity contribution < 1.29 is 23.4 Å². The van der Waals surface area contributed by atoms with Crippen LogP contribution in [-0.2, 0) is 0 Å². The van der Waals surface area contributed by atoms with Crippen LogP contribution in [0.5, 0.6) is 23.0 Å². The van der Waals surface area contributed by atoms with Crippen LogP contribution in [0.25, 0.3) is 21.8 Å². The molecule has 0 saturated carbocycles. The molecule has 2 aliphatic rings. The number of ether oxygens (including phenoxy) is 3. The van der Waals surface area contributed by atoms with Gasteiger partial charge in [-0.1, -0.05) is 36.7 Å². The number of aromatic amines is 2. The molecule has 2 aromatic carbocycles. The molecule has 2 N–H and O–H groups in total. The van der Waals surface area contributed by atoms with Gasteiger partial charge in [0.1, 0.15) is 11.4 Å². The van der Waals surface area contributed by atoms with E-state index in [1.165, 1.54) is 28.6 Å². The predicted molar refractivity (Wildman–Crippen MR) is 199 cm³/mol. The largest absolute Gasteiger partial charge is 0.542 e. The third-order valence-corrected chi connectivity index (χ3v) is 17.8. The molecule has 1 unspecified atom stereocenters. The van der Waals surface area contributed by atoms with Crippen LogP contribution in [0.15, 0.2) is 18.2 Å². The number of alkyl halides is 1. The number of carbonyl (C=O) groups excluding carboxylic acids is 1. The summed E-state index contributed by atoms with van der Waals surface area (Å²) in [6, 6.07) is 5.86. The Morgan fingerprint density at radius 2 is 1.67 bits per heavy atom. The summed E-state index contributed by atoms with van der Waals surface area (Å²) in [5, 5.41) is 2.78.